The highest BCUT2D eigenvalue weighted by Gasteiger charge is 2.30. The standard InChI is InChI=1S/C8H12N2OS2/c1-8(12-4-5-13-8)3-2-7(11)6-10-9/h6H,2-5H2,1H3/p+1/b7-6+. The molecule has 0 atom stereocenters. The highest BCUT2D eigenvalue weighted by molar-refractivity contribution is 8.21. The molecule has 1 rings (SSSR count). The molecule has 1 aliphatic heterocycles. The molecule has 0 aromatic carbocycles. The van der Waals surface area contributed by atoms with Gasteiger partial charge in [-0.2, -0.15) is 0 Å². The van der Waals surface area contributed by atoms with E-state index in [1.165, 1.54) is 11.5 Å². The first kappa shape index (κ1) is 10.7. The van der Waals surface area contributed by atoms with Crippen molar-refractivity contribution in [3.63, 3.8) is 0 Å². The van der Waals surface area contributed by atoms with Gasteiger partial charge in [0, 0.05) is 17.9 Å². The topological polar surface area (TPSA) is 48.4 Å². The molecular formula is C8H13N2OS2+. The van der Waals surface area contributed by atoms with Gasteiger partial charge in [0.05, 0.1) is 4.08 Å². The van der Waals surface area contributed by atoms with Crippen molar-refractivity contribution in [2.24, 2.45) is 0 Å². The van der Waals surface area contributed by atoms with Gasteiger partial charge < -0.3 is 5.11 Å². The molecule has 1 saturated heterocycles. The lowest BCUT2D eigenvalue weighted by atomic mass is 10.2. The Morgan fingerprint density at radius 1 is 1.62 bits per heavy atom. The van der Waals surface area contributed by atoms with E-state index in [9.17, 15) is 5.11 Å². The van der Waals surface area contributed by atoms with Gasteiger partial charge in [-0.15, -0.1) is 23.5 Å². The predicted octanol–water partition coefficient (Wildman–Crippen LogP) is 3.22. The van der Waals surface area contributed by atoms with Crippen LogP contribution in [-0.4, -0.2) is 20.7 Å². The molecule has 5 heteroatoms. The summed E-state index contributed by atoms with van der Waals surface area (Å²) in [6.45, 7) is 2.19. The third kappa shape index (κ3) is 3.49. The van der Waals surface area contributed by atoms with Crippen LogP contribution in [0.15, 0.2) is 12.0 Å². The van der Waals surface area contributed by atoms with Gasteiger partial charge in [-0.25, -0.2) is 0 Å². The minimum absolute atomic E-state index is 0.150. The van der Waals surface area contributed by atoms with Crippen LogP contribution in [0.3, 0.4) is 0 Å². The molecule has 1 N–H and O–H groups in total. The summed E-state index contributed by atoms with van der Waals surface area (Å²) in [5.41, 5.74) is 0. The van der Waals surface area contributed by atoms with Crippen LogP contribution >= 0.6 is 23.5 Å². The average molecular weight is 217 g/mol. The number of hydrogen-bond acceptors (Lipinski definition) is 4. The Kier molecular flexibility index (Phi) is 3.94. The third-order valence-corrected chi connectivity index (χ3v) is 5.35. The fourth-order valence-corrected chi connectivity index (χ4v) is 4.04. The van der Waals surface area contributed by atoms with Crippen LogP contribution in [0.4, 0.5) is 0 Å². The molecule has 72 valence electrons. The van der Waals surface area contributed by atoms with Crippen molar-refractivity contribution in [1.82, 2.24) is 0 Å². The van der Waals surface area contributed by atoms with E-state index in [0.717, 1.165) is 12.6 Å². The first-order chi connectivity index (χ1) is 6.16. The van der Waals surface area contributed by atoms with E-state index in [2.05, 4.69) is 11.9 Å². The Morgan fingerprint density at radius 2 is 2.23 bits per heavy atom. The molecule has 0 saturated carbocycles. The van der Waals surface area contributed by atoms with Gasteiger partial charge in [0.25, 0.3) is 0 Å². The zero-order valence-electron chi connectivity index (χ0n) is 7.56. The summed E-state index contributed by atoms with van der Waals surface area (Å²) in [6, 6.07) is 0. The molecule has 13 heavy (non-hydrogen) atoms. The van der Waals surface area contributed by atoms with E-state index in [0.29, 0.717) is 6.42 Å². The fourth-order valence-electron chi connectivity index (χ4n) is 1.19. The molecule has 1 heterocycles. The van der Waals surface area contributed by atoms with Crippen LogP contribution < -0.4 is 0 Å². The number of hydrogen-bond donors (Lipinski definition) is 1. The summed E-state index contributed by atoms with van der Waals surface area (Å²) in [5.74, 6) is 2.53. The molecule has 0 bridgehead atoms. The van der Waals surface area contributed by atoms with Crippen molar-refractivity contribution in [3.8, 4) is 0 Å². The van der Waals surface area contributed by atoms with Gasteiger partial charge in [-0.1, -0.05) is 0 Å². The first-order valence-corrected chi connectivity index (χ1v) is 6.13. The lowest BCUT2D eigenvalue weighted by Crippen LogP contribution is -2.10. The Balaban J connectivity index is 2.34. The van der Waals surface area contributed by atoms with Crippen LogP contribution in [0.1, 0.15) is 19.8 Å². The van der Waals surface area contributed by atoms with Crippen molar-refractivity contribution in [2.75, 3.05) is 11.5 Å². The Bertz CT molecular complexity index is 241. The number of nitrogens with zero attached hydrogens (tertiary/aromatic N) is 2. The number of aliphatic hydroxyl groups is 1. The monoisotopic (exact) mass is 217 g/mol. The summed E-state index contributed by atoms with van der Waals surface area (Å²) in [4.78, 5) is 2.78. The molecule has 0 spiro atoms. The number of diazo groups is 1. The van der Waals surface area contributed by atoms with Crippen molar-refractivity contribution < 1.29 is 5.11 Å². The first-order valence-electron chi connectivity index (χ1n) is 4.16. The van der Waals surface area contributed by atoms with Gasteiger partial charge in [-0.05, 0) is 13.3 Å². The van der Waals surface area contributed by atoms with Crippen molar-refractivity contribution in [1.29, 1.82) is 5.39 Å². The van der Waals surface area contributed by atoms with Crippen LogP contribution in [0.25, 0.3) is 4.98 Å². The van der Waals surface area contributed by atoms with Crippen molar-refractivity contribution in [2.45, 2.75) is 23.8 Å². The van der Waals surface area contributed by atoms with Crippen molar-refractivity contribution >= 4 is 23.5 Å². The second-order valence-corrected chi connectivity index (χ2v) is 6.52. The Hall–Kier alpha value is -0.340. The number of rotatable bonds is 3. The largest absolute Gasteiger partial charge is 0.505 e. The molecule has 0 aliphatic carbocycles. The summed E-state index contributed by atoms with van der Waals surface area (Å²) < 4.78 is 0.233. The van der Waals surface area contributed by atoms with Gasteiger partial charge in [0.2, 0.25) is 5.39 Å². The van der Waals surface area contributed by atoms with Gasteiger partial charge >= 0.3 is 6.20 Å². The Labute approximate surface area is 86.6 Å². The summed E-state index contributed by atoms with van der Waals surface area (Å²) >= 11 is 3.87. The van der Waals surface area contributed by atoms with E-state index in [-0.39, 0.29) is 9.84 Å². The van der Waals surface area contributed by atoms with Gasteiger partial charge in [-0.3, -0.25) is 0 Å². The molecule has 1 aliphatic rings. The van der Waals surface area contributed by atoms with E-state index in [4.69, 9.17) is 5.39 Å². The maximum atomic E-state index is 9.21. The minimum Gasteiger partial charge on any atom is -0.505 e. The number of allylic oxidation sites excluding steroid dienone is 1. The third-order valence-electron chi connectivity index (χ3n) is 1.94. The molecule has 3 nitrogen and oxygen atoms in total. The second kappa shape index (κ2) is 4.77. The van der Waals surface area contributed by atoms with E-state index in [1.54, 1.807) is 0 Å². The zero-order valence-corrected chi connectivity index (χ0v) is 9.20. The van der Waals surface area contributed by atoms with E-state index in [1.807, 2.05) is 23.5 Å². The summed E-state index contributed by atoms with van der Waals surface area (Å²) in [5, 5.41) is 17.4. The SMILES string of the molecule is CC1(CC/C(O)=C\[N+]#N)SCCS1. The minimum atomic E-state index is 0.150. The quantitative estimate of drug-likeness (QED) is 0.582. The number of aliphatic hydroxyl groups excluding tert-OH is 1. The maximum Gasteiger partial charge on any atom is 0.387 e. The summed E-state index contributed by atoms with van der Waals surface area (Å²) in [7, 11) is 0. The van der Waals surface area contributed by atoms with Crippen LogP contribution in [0.5, 0.6) is 0 Å². The normalized spacial score (nSPS) is 21.4. The fraction of sp³-hybridized carbons (Fsp3) is 0.750. The summed E-state index contributed by atoms with van der Waals surface area (Å²) in [6.07, 6.45) is 2.59. The van der Waals surface area contributed by atoms with Crippen molar-refractivity contribution in [3.05, 3.63) is 16.9 Å². The molecule has 1 fully saturated rings. The Morgan fingerprint density at radius 3 is 2.77 bits per heavy atom. The molecule has 0 radical (unpaired) electrons. The highest BCUT2D eigenvalue weighted by atomic mass is 32.2. The van der Waals surface area contributed by atoms with Crippen LogP contribution in [-0.2, 0) is 0 Å². The highest BCUT2D eigenvalue weighted by Crippen LogP contribution is 2.46. The van der Waals surface area contributed by atoms with E-state index >= 15 is 0 Å². The van der Waals surface area contributed by atoms with Crippen LogP contribution in [0.2, 0.25) is 0 Å². The zero-order chi connectivity index (χ0) is 9.73. The van der Waals surface area contributed by atoms with Gasteiger partial charge in [0.1, 0.15) is 0 Å². The molecule has 0 unspecified atom stereocenters. The lowest BCUT2D eigenvalue weighted by molar-refractivity contribution is 0.382. The van der Waals surface area contributed by atoms with Gasteiger partial charge in [0.15, 0.2) is 10.7 Å². The lowest BCUT2D eigenvalue weighted by Gasteiger charge is -2.20. The smallest absolute Gasteiger partial charge is 0.387 e. The second-order valence-electron chi connectivity index (χ2n) is 3.07. The molecule has 0 aromatic heterocycles. The molecule has 0 aromatic rings. The van der Waals surface area contributed by atoms with Crippen LogP contribution in [0, 0.1) is 5.39 Å². The van der Waals surface area contributed by atoms with E-state index < -0.39 is 0 Å². The molecule has 0 amide bonds. The number of thioether (sulfide) groups is 2. The predicted molar refractivity (Wildman–Crippen MR) is 58.4 cm³/mol. The maximum absolute atomic E-state index is 9.21. The molecular weight excluding hydrogens is 204 g/mol. The average Bonchev–Trinajstić information content (AvgIpc) is 2.51.